The van der Waals surface area contributed by atoms with Gasteiger partial charge in [-0.3, -0.25) is 4.79 Å². The summed E-state index contributed by atoms with van der Waals surface area (Å²) in [6.07, 6.45) is 0. The topological polar surface area (TPSA) is 42.6 Å². The fourth-order valence-electron chi connectivity index (χ4n) is 1.38. The number of furan rings is 1. The molecule has 2 rings (SSSR count). The van der Waals surface area contributed by atoms with Crippen LogP contribution in [0.25, 0.3) is 11.3 Å². The maximum Gasteiger partial charge on any atom is 0.321 e. The summed E-state index contributed by atoms with van der Waals surface area (Å²) in [5.41, 5.74) is 0.606. The van der Waals surface area contributed by atoms with Crippen molar-refractivity contribution in [1.29, 1.82) is 0 Å². The van der Waals surface area contributed by atoms with Crippen LogP contribution in [0.5, 0.6) is 0 Å². The lowest BCUT2D eigenvalue weighted by Gasteiger charge is -2.00. The van der Waals surface area contributed by atoms with Gasteiger partial charge in [0.1, 0.15) is 5.76 Å². The number of carbonyl (C=O) groups is 1. The van der Waals surface area contributed by atoms with Gasteiger partial charge in [-0.2, -0.15) is 0 Å². The first-order valence-electron chi connectivity index (χ1n) is 4.79. The van der Waals surface area contributed by atoms with Crippen molar-refractivity contribution in [3.05, 3.63) is 46.1 Å². The minimum Gasteiger partial charge on any atom is -0.451 e. The number of carbonyl (C=O) groups excluding carboxylic acids is 1. The first-order valence-corrected chi connectivity index (χ1v) is 5.95. The lowest BCUT2D eigenvalue weighted by molar-refractivity contribution is 0.0978. The molecule has 1 heterocycles. The van der Waals surface area contributed by atoms with Crippen LogP contribution in [0.1, 0.15) is 10.6 Å². The normalized spacial score (nSPS) is 9.89. The highest BCUT2D eigenvalue weighted by Crippen LogP contribution is 2.31. The first-order chi connectivity index (χ1) is 8.61. The molecule has 1 aromatic carbocycles. The van der Waals surface area contributed by atoms with Gasteiger partial charge in [0.25, 0.3) is 0 Å². The van der Waals surface area contributed by atoms with Crippen molar-refractivity contribution < 1.29 is 9.21 Å². The summed E-state index contributed by atoms with van der Waals surface area (Å²) in [6.45, 7) is 0. The van der Waals surface area contributed by atoms with E-state index in [0.717, 1.165) is 0 Å². The molecule has 0 bridgehead atoms. The van der Waals surface area contributed by atoms with E-state index in [9.17, 15) is 4.79 Å². The maximum absolute atomic E-state index is 11.4. The molecule has 0 aliphatic rings. The zero-order chi connectivity index (χ0) is 13.1. The summed E-state index contributed by atoms with van der Waals surface area (Å²) in [6, 6.07) is 8.07. The Hall–Kier alpha value is -1.45. The highest BCUT2D eigenvalue weighted by Gasteiger charge is 2.13. The summed E-state index contributed by atoms with van der Waals surface area (Å²) < 4.78 is 5.35. The molecule has 0 atom stereocenters. The quantitative estimate of drug-likeness (QED) is 0.605. The van der Waals surface area contributed by atoms with Gasteiger partial charge in [0.2, 0.25) is 0 Å². The molecule has 90 valence electrons. The average Bonchev–Trinajstić information content (AvgIpc) is 2.82. The van der Waals surface area contributed by atoms with Crippen LogP contribution in [-0.4, -0.2) is 11.1 Å². The highest BCUT2D eigenvalue weighted by atomic mass is 35.5. The van der Waals surface area contributed by atoms with E-state index in [0.29, 0.717) is 21.4 Å². The number of amides is 1. The van der Waals surface area contributed by atoms with Crippen molar-refractivity contribution in [2.24, 2.45) is 4.99 Å². The van der Waals surface area contributed by atoms with Gasteiger partial charge < -0.3 is 4.42 Å². The number of halogens is 2. The van der Waals surface area contributed by atoms with Gasteiger partial charge in [-0.1, -0.05) is 23.2 Å². The molecule has 0 unspecified atom stereocenters. The van der Waals surface area contributed by atoms with Gasteiger partial charge in [-0.25, -0.2) is 0 Å². The molecule has 1 aromatic heterocycles. The summed E-state index contributed by atoms with van der Waals surface area (Å²) in [5, 5.41) is 2.99. The average molecular weight is 298 g/mol. The fraction of sp³-hybridized carbons (Fsp3) is 0. The third-order valence-electron chi connectivity index (χ3n) is 2.16. The standard InChI is InChI=1S/C12H5Cl2NO2S/c13-7-1-2-9(14)8(5-7)10-3-4-11(17-10)12(16)15-6-18/h1-5H. The van der Waals surface area contributed by atoms with Gasteiger partial charge in [-0.05, 0) is 42.5 Å². The summed E-state index contributed by atoms with van der Waals surface area (Å²) in [4.78, 5) is 14.7. The number of nitrogens with zero attached hydrogens (tertiary/aromatic N) is 1. The molecule has 0 saturated heterocycles. The van der Waals surface area contributed by atoms with Crippen LogP contribution in [0.3, 0.4) is 0 Å². The van der Waals surface area contributed by atoms with Gasteiger partial charge >= 0.3 is 5.91 Å². The number of hydrogen-bond donors (Lipinski definition) is 0. The molecule has 2 aromatic rings. The molecule has 0 fully saturated rings. The predicted octanol–water partition coefficient (Wildman–Crippen LogP) is 4.50. The predicted molar refractivity (Wildman–Crippen MR) is 73.5 cm³/mol. The Bertz CT molecular complexity index is 660. The second kappa shape index (κ2) is 5.46. The number of benzene rings is 1. The van der Waals surface area contributed by atoms with E-state index in [1.807, 2.05) is 5.16 Å². The Morgan fingerprint density at radius 2 is 2.06 bits per heavy atom. The van der Waals surface area contributed by atoms with E-state index in [-0.39, 0.29) is 5.76 Å². The van der Waals surface area contributed by atoms with Crippen molar-refractivity contribution in [2.45, 2.75) is 0 Å². The molecule has 0 saturated carbocycles. The van der Waals surface area contributed by atoms with Crippen molar-refractivity contribution in [1.82, 2.24) is 0 Å². The monoisotopic (exact) mass is 297 g/mol. The Morgan fingerprint density at radius 3 is 2.78 bits per heavy atom. The molecule has 1 amide bonds. The number of rotatable bonds is 2. The van der Waals surface area contributed by atoms with Crippen LogP contribution >= 0.6 is 35.4 Å². The van der Waals surface area contributed by atoms with Gasteiger partial charge in [-0.15, -0.1) is 4.99 Å². The molecule has 3 nitrogen and oxygen atoms in total. The fourth-order valence-corrected chi connectivity index (χ4v) is 1.85. The Balaban J connectivity index is 2.43. The van der Waals surface area contributed by atoms with Crippen LogP contribution in [-0.2, 0) is 0 Å². The Morgan fingerprint density at radius 1 is 1.28 bits per heavy atom. The van der Waals surface area contributed by atoms with Crippen molar-refractivity contribution in [3.63, 3.8) is 0 Å². The van der Waals surface area contributed by atoms with E-state index >= 15 is 0 Å². The summed E-state index contributed by atoms with van der Waals surface area (Å²) in [7, 11) is 0. The van der Waals surface area contributed by atoms with Crippen LogP contribution in [0.15, 0.2) is 39.7 Å². The molecular formula is C12H5Cl2NO2S. The van der Waals surface area contributed by atoms with E-state index in [4.69, 9.17) is 27.6 Å². The van der Waals surface area contributed by atoms with Crippen LogP contribution in [0, 0.1) is 0 Å². The van der Waals surface area contributed by atoms with E-state index in [2.05, 4.69) is 17.2 Å². The third kappa shape index (κ3) is 2.68. The van der Waals surface area contributed by atoms with Gasteiger partial charge in [0.15, 0.2) is 5.76 Å². The van der Waals surface area contributed by atoms with E-state index in [1.54, 1.807) is 24.3 Å². The Kier molecular flexibility index (Phi) is 3.94. The SMILES string of the molecule is O=C(N=C=S)c1ccc(-c2cc(Cl)ccc2Cl)o1. The van der Waals surface area contributed by atoms with Gasteiger partial charge in [0, 0.05) is 10.6 Å². The summed E-state index contributed by atoms with van der Waals surface area (Å²) >= 11 is 16.2. The molecule has 0 N–H and O–H groups in total. The number of isothiocyanates is 1. The molecule has 0 radical (unpaired) electrons. The second-order valence-electron chi connectivity index (χ2n) is 3.30. The van der Waals surface area contributed by atoms with Gasteiger partial charge in [0.05, 0.1) is 10.2 Å². The molecule has 6 heteroatoms. The van der Waals surface area contributed by atoms with Crippen molar-refractivity contribution >= 4 is 46.5 Å². The van der Waals surface area contributed by atoms with E-state index < -0.39 is 5.91 Å². The molecule has 0 aliphatic heterocycles. The summed E-state index contributed by atoms with van der Waals surface area (Å²) in [5.74, 6) is -0.0850. The third-order valence-corrected chi connectivity index (χ3v) is 2.81. The highest BCUT2D eigenvalue weighted by molar-refractivity contribution is 7.78. The molecular weight excluding hydrogens is 293 g/mol. The smallest absolute Gasteiger partial charge is 0.321 e. The van der Waals surface area contributed by atoms with Crippen molar-refractivity contribution in [2.75, 3.05) is 0 Å². The van der Waals surface area contributed by atoms with E-state index in [1.165, 1.54) is 6.07 Å². The zero-order valence-corrected chi connectivity index (χ0v) is 11.1. The first kappa shape index (κ1) is 13.0. The number of thiocarbonyl (C=S) groups is 1. The van der Waals surface area contributed by atoms with Crippen LogP contribution in [0.2, 0.25) is 10.0 Å². The minimum absolute atomic E-state index is 0.0680. The molecule has 18 heavy (non-hydrogen) atoms. The molecule has 0 spiro atoms. The zero-order valence-electron chi connectivity index (χ0n) is 8.81. The lowest BCUT2D eigenvalue weighted by atomic mass is 10.2. The number of hydrogen-bond acceptors (Lipinski definition) is 3. The van der Waals surface area contributed by atoms with Crippen LogP contribution in [0.4, 0.5) is 0 Å². The largest absolute Gasteiger partial charge is 0.451 e. The van der Waals surface area contributed by atoms with Crippen molar-refractivity contribution in [3.8, 4) is 11.3 Å². The Labute approximate surface area is 118 Å². The molecule has 0 aliphatic carbocycles. The maximum atomic E-state index is 11.4. The van der Waals surface area contributed by atoms with Crippen LogP contribution < -0.4 is 0 Å². The minimum atomic E-state index is -0.589. The number of aliphatic imine (C=N–C) groups is 1. The lowest BCUT2D eigenvalue weighted by Crippen LogP contribution is -1.89. The second-order valence-corrected chi connectivity index (χ2v) is 4.32.